The van der Waals surface area contributed by atoms with Crippen molar-refractivity contribution in [1.82, 2.24) is 5.32 Å². The fraction of sp³-hybridized carbons (Fsp3) is 0.961. The minimum Gasteiger partial charge on any atom is -0.466 e. The highest BCUT2D eigenvalue weighted by Gasteiger charge is 2.20. The standard InChI is InChI=1S/C51H101NO5/c1-3-5-7-9-11-13-15-19-23-27-31-35-39-43-49(54)48(47-53)52-50(55)44-40-36-32-28-24-21-17-18-22-26-30-34-38-42-46-57-51(56)45-41-37-33-29-25-20-16-14-12-10-8-6-4-2/h48-49,53-54H,3-47H2,1-2H3,(H,52,55). The number of nitrogens with one attached hydrogen (secondary N) is 1. The van der Waals surface area contributed by atoms with Gasteiger partial charge >= 0.3 is 5.97 Å². The number of hydrogen-bond donors (Lipinski definition) is 3. The number of amides is 1. The largest absolute Gasteiger partial charge is 0.466 e. The SMILES string of the molecule is CCCCCCCCCCCCCCCC(=O)OCCCCCCCCCCCCCCCCC(=O)NC(CO)C(O)CCCCCCCCCCCCCCC. The molecule has 0 aromatic heterocycles. The van der Waals surface area contributed by atoms with Crippen molar-refractivity contribution in [2.45, 2.75) is 302 Å². The van der Waals surface area contributed by atoms with E-state index < -0.39 is 12.1 Å². The van der Waals surface area contributed by atoms with Crippen LogP contribution in [0.4, 0.5) is 0 Å². The number of carbonyl (C=O) groups excluding carboxylic acids is 2. The van der Waals surface area contributed by atoms with Crippen LogP contribution >= 0.6 is 0 Å². The minimum absolute atomic E-state index is 0.000161. The molecule has 2 atom stereocenters. The highest BCUT2D eigenvalue weighted by atomic mass is 16.5. The molecule has 57 heavy (non-hydrogen) atoms. The quantitative estimate of drug-likeness (QED) is 0.0420. The molecule has 0 fully saturated rings. The fourth-order valence-corrected chi connectivity index (χ4v) is 8.17. The van der Waals surface area contributed by atoms with Crippen molar-refractivity contribution in [2.75, 3.05) is 13.2 Å². The van der Waals surface area contributed by atoms with Crippen molar-refractivity contribution in [2.24, 2.45) is 0 Å². The Morgan fingerprint density at radius 1 is 0.421 bits per heavy atom. The Morgan fingerprint density at radius 2 is 0.719 bits per heavy atom. The van der Waals surface area contributed by atoms with Gasteiger partial charge in [-0.05, 0) is 25.7 Å². The average Bonchev–Trinajstić information content (AvgIpc) is 3.21. The van der Waals surface area contributed by atoms with Crippen LogP contribution in [0.15, 0.2) is 0 Å². The summed E-state index contributed by atoms with van der Waals surface area (Å²) in [4.78, 5) is 24.4. The molecule has 0 aromatic carbocycles. The van der Waals surface area contributed by atoms with Gasteiger partial charge in [-0.25, -0.2) is 0 Å². The van der Waals surface area contributed by atoms with Gasteiger partial charge in [0, 0.05) is 12.8 Å². The maximum Gasteiger partial charge on any atom is 0.305 e. The summed E-state index contributed by atoms with van der Waals surface area (Å²) in [7, 11) is 0. The highest BCUT2D eigenvalue weighted by Crippen LogP contribution is 2.17. The van der Waals surface area contributed by atoms with Crippen LogP contribution in [0.2, 0.25) is 0 Å². The number of carbonyl (C=O) groups is 2. The van der Waals surface area contributed by atoms with E-state index in [2.05, 4.69) is 19.2 Å². The van der Waals surface area contributed by atoms with Crippen LogP contribution in [0.1, 0.15) is 290 Å². The zero-order chi connectivity index (χ0) is 41.5. The molecular formula is C51H101NO5. The predicted octanol–water partition coefficient (Wildman–Crippen LogP) is 15.2. The molecule has 340 valence electrons. The maximum atomic E-state index is 12.4. The van der Waals surface area contributed by atoms with Crippen molar-refractivity contribution in [3.05, 3.63) is 0 Å². The molecule has 6 nitrogen and oxygen atoms in total. The molecule has 0 aliphatic rings. The molecular weight excluding hydrogens is 707 g/mol. The number of unbranched alkanes of at least 4 members (excludes halogenated alkanes) is 37. The van der Waals surface area contributed by atoms with Crippen LogP contribution < -0.4 is 5.32 Å². The van der Waals surface area contributed by atoms with E-state index in [0.29, 0.717) is 25.9 Å². The third-order valence-corrected chi connectivity index (χ3v) is 12.2. The Morgan fingerprint density at radius 3 is 1.07 bits per heavy atom. The van der Waals surface area contributed by atoms with E-state index in [1.54, 1.807) is 0 Å². The number of aliphatic hydroxyl groups excluding tert-OH is 2. The Balaban J connectivity index is 3.42. The van der Waals surface area contributed by atoms with Gasteiger partial charge in [0.25, 0.3) is 0 Å². The summed E-state index contributed by atoms with van der Waals surface area (Å²) in [6, 6.07) is -0.546. The monoisotopic (exact) mass is 808 g/mol. The van der Waals surface area contributed by atoms with Crippen LogP contribution in [0.5, 0.6) is 0 Å². The molecule has 2 unspecified atom stereocenters. The molecule has 1 amide bonds. The summed E-state index contributed by atoms with van der Waals surface area (Å²) < 4.78 is 5.46. The number of ether oxygens (including phenoxy) is 1. The summed E-state index contributed by atoms with van der Waals surface area (Å²) in [5, 5.41) is 23.2. The van der Waals surface area contributed by atoms with Crippen molar-refractivity contribution >= 4 is 11.9 Å². The first-order valence-corrected chi connectivity index (χ1v) is 25.8. The van der Waals surface area contributed by atoms with Crippen molar-refractivity contribution < 1.29 is 24.5 Å². The molecule has 0 saturated carbocycles. The summed E-state index contributed by atoms with van der Waals surface area (Å²) >= 11 is 0. The van der Waals surface area contributed by atoms with E-state index >= 15 is 0 Å². The van der Waals surface area contributed by atoms with Gasteiger partial charge in [-0.2, -0.15) is 0 Å². The van der Waals surface area contributed by atoms with E-state index in [-0.39, 0.29) is 18.5 Å². The predicted molar refractivity (Wildman–Crippen MR) is 246 cm³/mol. The molecule has 0 aliphatic heterocycles. The summed E-state index contributed by atoms with van der Waals surface area (Å²) in [5.74, 6) is -0.0443. The smallest absolute Gasteiger partial charge is 0.305 e. The van der Waals surface area contributed by atoms with E-state index in [9.17, 15) is 19.8 Å². The lowest BCUT2D eigenvalue weighted by Gasteiger charge is -2.22. The van der Waals surface area contributed by atoms with Gasteiger partial charge in [0.2, 0.25) is 5.91 Å². The molecule has 0 radical (unpaired) electrons. The van der Waals surface area contributed by atoms with Gasteiger partial charge in [-0.1, -0.05) is 251 Å². The molecule has 6 heteroatoms. The zero-order valence-electron chi connectivity index (χ0n) is 38.6. The molecule has 0 rings (SSSR count). The number of hydrogen-bond acceptors (Lipinski definition) is 5. The second kappa shape index (κ2) is 47.5. The second-order valence-corrected chi connectivity index (χ2v) is 17.9. The van der Waals surface area contributed by atoms with Crippen LogP contribution in [-0.4, -0.2) is 47.4 Å². The number of aliphatic hydroxyl groups is 2. The second-order valence-electron chi connectivity index (χ2n) is 17.9. The lowest BCUT2D eigenvalue weighted by molar-refractivity contribution is -0.143. The van der Waals surface area contributed by atoms with Crippen molar-refractivity contribution in [1.29, 1.82) is 0 Å². The first kappa shape index (κ1) is 55.9. The third-order valence-electron chi connectivity index (χ3n) is 12.2. The Labute approximate surface area is 356 Å². The van der Waals surface area contributed by atoms with Crippen LogP contribution in [0.25, 0.3) is 0 Å². The van der Waals surface area contributed by atoms with Gasteiger partial charge in [0.05, 0.1) is 25.4 Å². The Hall–Kier alpha value is -1.14. The summed E-state index contributed by atoms with van der Waals surface area (Å²) in [5.41, 5.74) is 0. The van der Waals surface area contributed by atoms with Gasteiger partial charge in [0.15, 0.2) is 0 Å². The minimum atomic E-state index is -0.668. The Bertz CT molecular complexity index is 806. The van der Waals surface area contributed by atoms with Gasteiger partial charge in [-0.15, -0.1) is 0 Å². The normalized spacial score (nSPS) is 12.6. The molecule has 0 saturated heterocycles. The van der Waals surface area contributed by atoms with E-state index in [4.69, 9.17) is 4.74 Å². The third kappa shape index (κ3) is 44.2. The topological polar surface area (TPSA) is 95.9 Å². The van der Waals surface area contributed by atoms with Crippen LogP contribution in [0, 0.1) is 0 Å². The number of esters is 1. The zero-order valence-corrected chi connectivity index (χ0v) is 38.6. The van der Waals surface area contributed by atoms with Gasteiger partial charge < -0.3 is 20.3 Å². The lowest BCUT2D eigenvalue weighted by atomic mass is 10.0. The molecule has 0 heterocycles. The van der Waals surface area contributed by atoms with Crippen molar-refractivity contribution in [3.8, 4) is 0 Å². The highest BCUT2D eigenvalue weighted by molar-refractivity contribution is 5.76. The van der Waals surface area contributed by atoms with E-state index in [0.717, 1.165) is 51.4 Å². The molecule has 3 N–H and O–H groups in total. The molecule has 0 bridgehead atoms. The Kier molecular flexibility index (Phi) is 46.6. The van der Waals surface area contributed by atoms with E-state index in [1.165, 1.54) is 205 Å². The molecule has 0 aliphatic carbocycles. The first-order valence-electron chi connectivity index (χ1n) is 25.8. The maximum absolute atomic E-state index is 12.4. The lowest BCUT2D eigenvalue weighted by Crippen LogP contribution is -2.45. The summed E-state index contributed by atoms with van der Waals surface area (Å²) in [6.45, 7) is 4.94. The average molecular weight is 808 g/mol. The number of rotatable bonds is 48. The van der Waals surface area contributed by atoms with E-state index in [1.807, 2.05) is 0 Å². The first-order chi connectivity index (χ1) is 28.0. The molecule has 0 spiro atoms. The van der Waals surface area contributed by atoms with Gasteiger partial charge in [-0.3, -0.25) is 9.59 Å². The van der Waals surface area contributed by atoms with Crippen molar-refractivity contribution in [3.63, 3.8) is 0 Å². The van der Waals surface area contributed by atoms with Crippen LogP contribution in [0.3, 0.4) is 0 Å². The summed E-state index contributed by atoms with van der Waals surface area (Å²) in [6.07, 6.45) is 52.1. The van der Waals surface area contributed by atoms with Crippen LogP contribution in [-0.2, 0) is 14.3 Å². The fourth-order valence-electron chi connectivity index (χ4n) is 8.17. The van der Waals surface area contributed by atoms with Gasteiger partial charge in [0.1, 0.15) is 0 Å². The molecule has 0 aromatic rings.